The molecule has 1 aliphatic heterocycles. The average molecular weight is 381 g/mol. The van der Waals surface area contributed by atoms with Crippen LogP contribution in [0.5, 0.6) is 0 Å². The first kappa shape index (κ1) is 19.9. The zero-order valence-corrected chi connectivity index (χ0v) is 16.3. The van der Waals surface area contributed by atoms with E-state index in [-0.39, 0.29) is 18.2 Å². The van der Waals surface area contributed by atoms with E-state index in [1.54, 1.807) is 4.90 Å². The molecule has 0 spiro atoms. The van der Waals surface area contributed by atoms with Crippen LogP contribution in [0.15, 0.2) is 54.6 Å². The van der Waals surface area contributed by atoms with Gasteiger partial charge in [0.1, 0.15) is 6.42 Å². The zero-order valence-electron chi connectivity index (χ0n) is 16.3. The number of carbonyl (C=O) groups excluding carboxylic acids is 2. The normalized spacial score (nSPS) is 13.8. The van der Waals surface area contributed by atoms with E-state index in [9.17, 15) is 9.59 Å². The molecule has 0 aromatic heterocycles. The molecule has 0 aliphatic carbocycles. The second-order valence-electron chi connectivity index (χ2n) is 6.74. The summed E-state index contributed by atoms with van der Waals surface area (Å²) in [6, 6.07) is 17.5. The van der Waals surface area contributed by atoms with Gasteiger partial charge in [0, 0.05) is 26.2 Å². The number of ether oxygens (including phenoxy) is 1. The van der Waals surface area contributed by atoms with Gasteiger partial charge in [-0.15, -0.1) is 0 Å². The van der Waals surface area contributed by atoms with Crippen molar-refractivity contribution in [3.8, 4) is 0 Å². The highest BCUT2D eigenvalue weighted by Gasteiger charge is 2.19. The molecule has 0 radical (unpaired) electrons. The molecule has 1 heterocycles. The molecule has 1 saturated heterocycles. The Morgan fingerprint density at radius 1 is 1.04 bits per heavy atom. The molecular weight excluding hydrogens is 354 g/mol. The maximum absolute atomic E-state index is 12.6. The highest BCUT2D eigenvalue weighted by Crippen LogP contribution is 2.26. The fraction of sp³-hybridized carbons (Fsp3) is 0.364. The topological polar surface area (TPSA) is 61.9 Å². The summed E-state index contributed by atoms with van der Waals surface area (Å²) in [5.41, 5.74) is 2.74. The molecule has 1 aliphatic rings. The summed E-state index contributed by atoms with van der Waals surface area (Å²) in [5, 5.41) is 2.91. The first-order valence-corrected chi connectivity index (χ1v) is 9.70. The van der Waals surface area contributed by atoms with Crippen LogP contribution in [0.25, 0.3) is 0 Å². The summed E-state index contributed by atoms with van der Waals surface area (Å²) in [6.45, 7) is 5.90. The van der Waals surface area contributed by atoms with Gasteiger partial charge in [0.25, 0.3) is 0 Å². The predicted molar refractivity (Wildman–Crippen MR) is 110 cm³/mol. The van der Waals surface area contributed by atoms with Crippen molar-refractivity contribution in [1.82, 2.24) is 4.90 Å². The largest absolute Gasteiger partial charge is 0.378 e. The van der Waals surface area contributed by atoms with Crippen LogP contribution in [0.3, 0.4) is 0 Å². The number of morpholine rings is 1. The number of hydrogen-bond acceptors (Lipinski definition) is 4. The van der Waals surface area contributed by atoms with E-state index in [0.29, 0.717) is 26.3 Å². The van der Waals surface area contributed by atoms with Gasteiger partial charge in [-0.1, -0.05) is 42.5 Å². The van der Waals surface area contributed by atoms with Crippen LogP contribution >= 0.6 is 0 Å². The van der Waals surface area contributed by atoms with Crippen LogP contribution in [-0.4, -0.2) is 49.6 Å². The first-order valence-electron chi connectivity index (χ1n) is 9.70. The Kier molecular flexibility index (Phi) is 7.03. The Morgan fingerprint density at radius 2 is 1.71 bits per heavy atom. The lowest BCUT2D eigenvalue weighted by Gasteiger charge is -2.30. The van der Waals surface area contributed by atoms with Crippen molar-refractivity contribution in [2.45, 2.75) is 19.9 Å². The molecule has 6 nitrogen and oxygen atoms in total. The zero-order chi connectivity index (χ0) is 19.8. The summed E-state index contributed by atoms with van der Waals surface area (Å²) in [7, 11) is 0. The van der Waals surface area contributed by atoms with Crippen LogP contribution in [-0.2, 0) is 20.9 Å². The Bertz CT molecular complexity index is 789. The number of carbonyl (C=O) groups is 2. The standard InChI is InChI=1S/C22H27N3O3/c1-2-24(17-18-8-4-3-5-9-18)22(27)16-21(26)23-19-10-6-7-11-20(19)25-12-14-28-15-13-25/h3-11H,2,12-17H2,1H3,(H,23,26). The van der Waals surface area contributed by atoms with Gasteiger partial charge in [-0.05, 0) is 24.6 Å². The van der Waals surface area contributed by atoms with Gasteiger partial charge in [0.15, 0.2) is 0 Å². The molecule has 0 saturated carbocycles. The SMILES string of the molecule is CCN(Cc1ccccc1)C(=O)CC(=O)Nc1ccccc1N1CCOCC1. The van der Waals surface area contributed by atoms with Gasteiger partial charge >= 0.3 is 0 Å². The Balaban J connectivity index is 1.61. The molecule has 148 valence electrons. The van der Waals surface area contributed by atoms with E-state index in [1.807, 2.05) is 61.5 Å². The molecule has 0 atom stereocenters. The lowest BCUT2D eigenvalue weighted by atomic mass is 10.2. The third kappa shape index (κ3) is 5.33. The lowest BCUT2D eigenvalue weighted by molar-refractivity contribution is -0.134. The van der Waals surface area contributed by atoms with Crippen LogP contribution < -0.4 is 10.2 Å². The van der Waals surface area contributed by atoms with Crippen LogP contribution in [0, 0.1) is 0 Å². The number of nitrogens with zero attached hydrogens (tertiary/aromatic N) is 2. The number of hydrogen-bond donors (Lipinski definition) is 1. The van der Waals surface area contributed by atoms with Gasteiger partial charge in [-0.2, -0.15) is 0 Å². The molecule has 2 aromatic carbocycles. The maximum atomic E-state index is 12.6. The Morgan fingerprint density at radius 3 is 2.43 bits per heavy atom. The number of para-hydroxylation sites is 2. The lowest BCUT2D eigenvalue weighted by Crippen LogP contribution is -2.37. The fourth-order valence-corrected chi connectivity index (χ4v) is 3.28. The quantitative estimate of drug-likeness (QED) is 0.749. The number of benzene rings is 2. The smallest absolute Gasteiger partial charge is 0.233 e. The van der Waals surface area contributed by atoms with Crippen LogP contribution in [0.2, 0.25) is 0 Å². The summed E-state index contributed by atoms with van der Waals surface area (Å²) >= 11 is 0. The van der Waals surface area contributed by atoms with Crippen LogP contribution in [0.4, 0.5) is 11.4 Å². The van der Waals surface area contributed by atoms with Crippen molar-refractivity contribution >= 4 is 23.2 Å². The third-order valence-electron chi connectivity index (χ3n) is 4.79. The molecule has 1 N–H and O–H groups in total. The fourth-order valence-electron chi connectivity index (χ4n) is 3.28. The average Bonchev–Trinajstić information content (AvgIpc) is 2.73. The Hall–Kier alpha value is -2.86. The van der Waals surface area contributed by atoms with E-state index in [2.05, 4.69) is 10.2 Å². The van der Waals surface area contributed by atoms with Crippen molar-refractivity contribution in [3.63, 3.8) is 0 Å². The van der Waals surface area contributed by atoms with Gasteiger partial charge in [-0.25, -0.2) is 0 Å². The molecule has 28 heavy (non-hydrogen) atoms. The number of anilines is 2. The third-order valence-corrected chi connectivity index (χ3v) is 4.79. The molecule has 0 unspecified atom stereocenters. The molecule has 2 amide bonds. The van der Waals surface area contributed by atoms with Crippen molar-refractivity contribution in [1.29, 1.82) is 0 Å². The van der Waals surface area contributed by atoms with Gasteiger partial charge in [0.05, 0.1) is 24.6 Å². The highest BCUT2D eigenvalue weighted by atomic mass is 16.5. The van der Waals surface area contributed by atoms with E-state index in [0.717, 1.165) is 30.0 Å². The van der Waals surface area contributed by atoms with Gasteiger partial charge in [-0.3, -0.25) is 9.59 Å². The predicted octanol–water partition coefficient (Wildman–Crippen LogP) is 2.90. The van der Waals surface area contributed by atoms with E-state index < -0.39 is 0 Å². The second-order valence-corrected chi connectivity index (χ2v) is 6.74. The molecule has 3 rings (SSSR count). The number of amides is 2. The van der Waals surface area contributed by atoms with Crippen molar-refractivity contribution in [2.75, 3.05) is 43.1 Å². The minimum atomic E-state index is -0.294. The van der Waals surface area contributed by atoms with E-state index in [1.165, 1.54) is 0 Å². The second kappa shape index (κ2) is 9.90. The van der Waals surface area contributed by atoms with Crippen molar-refractivity contribution in [3.05, 3.63) is 60.2 Å². The summed E-state index contributed by atoms with van der Waals surface area (Å²) in [6.07, 6.45) is -0.169. The Labute approximate surface area is 166 Å². The molecule has 1 fully saturated rings. The summed E-state index contributed by atoms with van der Waals surface area (Å²) in [5.74, 6) is -0.468. The van der Waals surface area contributed by atoms with Crippen molar-refractivity contribution < 1.29 is 14.3 Å². The van der Waals surface area contributed by atoms with E-state index >= 15 is 0 Å². The minimum Gasteiger partial charge on any atom is -0.378 e. The monoisotopic (exact) mass is 381 g/mol. The number of nitrogens with one attached hydrogen (secondary N) is 1. The van der Waals surface area contributed by atoms with Gasteiger partial charge in [0.2, 0.25) is 11.8 Å². The van der Waals surface area contributed by atoms with E-state index in [4.69, 9.17) is 4.74 Å². The first-order chi connectivity index (χ1) is 13.7. The van der Waals surface area contributed by atoms with Crippen molar-refractivity contribution in [2.24, 2.45) is 0 Å². The summed E-state index contributed by atoms with van der Waals surface area (Å²) < 4.78 is 5.40. The summed E-state index contributed by atoms with van der Waals surface area (Å²) in [4.78, 5) is 29.0. The molecular formula is C22H27N3O3. The molecule has 2 aromatic rings. The van der Waals surface area contributed by atoms with Crippen LogP contribution in [0.1, 0.15) is 18.9 Å². The minimum absolute atomic E-state index is 0.169. The highest BCUT2D eigenvalue weighted by molar-refractivity contribution is 6.04. The van der Waals surface area contributed by atoms with Gasteiger partial charge < -0.3 is 19.9 Å². The molecule has 6 heteroatoms. The molecule has 0 bridgehead atoms. The number of rotatable bonds is 7. The maximum Gasteiger partial charge on any atom is 0.233 e.